The van der Waals surface area contributed by atoms with Gasteiger partial charge < -0.3 is 4.42 Å². The van der Waals surface area contributed by atoms with Crippen LogP contribution in [0.15, 0.2) is 29.1 Å². The molecule has 3 heterocycles. The Morgan fingerprint density at radius 1 is 1.31 bits per heavy atom. The zero-order chi connectivity index (χ0) is 11.1. The molecule has 16 heavy (non-hydrogen) atoms. The van der Waals surface area contributed by atoms with Crippen molar-refractivity contribution in [3.05, 3.63) is 36.0 Å². The van der Waals surface area contributed by atoms with Gasteiger partial charge in [-0.1, -0.05) is 0 Å². The molecule has 0 saturated heterocycles. The summed E-state index contributed by atoms with van der Waals surface area (Å²) in [5.74, 6) is 0.494. The quantitative estimate of drug-likeness (QED) is 0.621. The zero-order valence-corrected chi connectivity index (χ0v) is 9.01. The molecule has 0 aliphatic rings. The first kappa shape index (κ1) is 9.08. The maximum Gasteiger partial charge on any atom is 0.266 e. The normalized spacial score (nSPS) is 11.1. The zero-order valence-electron chi connectivity index (χ0n) is 9.01. The molecule has 0 atom stereocenters. The van der Waals surface area contributed by atoms with E-state index in [0.29, 0.717) is 5.89 Å². The average molecular weight is 214 g/mol. The van der Waals surface area contributed by atoms with E-state index in [1.807, 2.05) is 36.6 Å². The van der Waals surface area contributed by atoms with Crippen molar-refractivity contribution >= 4 is 5.65 Å². The molecule has 0 unspecified atom stereocenters. The molecule has 5 heteroatoms. The van der Waals surface area contributed by atoms with Crippen molar-refractivity contribution in [1.29, 1.82) is 0 Å². The fourth-order valence-electron chi connectivity index (χ4n) is 1.80. The molecule has 0 saturated carbocycles. The number of fused-ring (bicyclic) bond motifs is 1. The standard InChI is InChI=1S/C11H10N4O/c1-7-3-4-15-9(5-7)13-8(2)10(15)11-14-12-6-16-11/h3-6H,1-2H3. The lowest BCUT2D eigenvalue weighted by Gasteiger charge is -1.98. The van der Waals surface area contributed by atoms with E-state index in [1.165, 1.54) is 12.0 Å². The Hall–Kier alpha value is -2.17. The molecule has 0 aliphatic heterocycles. The summed E-state index contributed by atoms with van der Waals surface area (Å²) in [5.41, 5.74) is 3.81. The molecule has 3 aromatic heterocycles. The molecule has 0 amide bonds. The number of rotatable bonds is 1. The maximum atomic E-state index is 5.21. The number of pyridine rings is 1. The monoisotopic (exact) mass is 214 g/mol. The van der Waals surface area contributed by atoms with E-state index in [1.54, 1.807) is 0 Å². The van der Waals surface area contributed by atoms with Crippen LogP contribution in [0.4, 0.5) is 0 Å². The van der Waals surface area contributed by atoms with Crippen molar-refractivity contribution in [2.75, 3.05) is 0 Å². The van der Waals surface area contributed by atoms with Gasteiger partial charge in [0.15, 0.2) is 0 Å². The average Bonchev–Trinajstić information content (AvgIpc) is 2.83. The Kier molecular flexibility index (Phi) is 1.80. The molecule has 3 rings (SSSR count). The minimum atomic E-state index is 0.494. The fourth-order valence-corrected chi connectivity index (χ4v) is 1.80. The van der Waals surface area contributed by atoms with Crippen LogP contribution >= 0.6 is 0 Å². The SMILES string of the molecule is Cc1ccn2c(-c3nnco3)c(C)nc2c1. The second kappa shape index (κ2) is 3.16. The molecule has 0 aliphatic carbocycles. The molecule has 5 nitrogen and oxygen atoms in total. The van der Waals surface area contributed by atoms with Crippen molar-refractivity contribution in [3.63, 3.8) is 0 Å². The third kappa shape index (κ3) is 1.21. The summed E-state index contributed by atoms with van der Waals surface area (Å²) in [4.78, 5) is 4.47. The van der Waals surface area contributed by atoms with E-state index < -0.39 is 0 Å². The van der Waals surface area contributed by atoms with Gasteiger partial charge in [0.2, 0.25) is 6.39 Å². The Morgan fingerprint density at radius 2 is 2.19 bits per heavy atom. The predicted molar refractivity (Wildman–Crippen MR) is 58.0 cm³/mol. The fraction of sp³-hybridized carbons (Fsp3) is 0.182. The first-order valence-electron chi connectivity index (χ1n) is 4.97. The number of hydrogen-bond donors (Lipinski definition) is 0. The highest BCUT2D eigenvalue weighted by Gasteiger charge is 2.14. The topological polar surface area (TPSA) is 56.2 Å². The smallest absolute Gasteiger partial charge is 0.266 e. The van der Waals surface area contributed by atoms with Crippen LogP contribution in [0.5, 0.6) is 0 Å². The van der Waals surface area contributed by atoms with Crippen LogP contribution < -0.4 is 0 Å². The predicted octanol–water partition coefficient (Wildman–Crippen LogP) is 2.00. The highest BCUT2D eigenvalue weighted by atomic mass is 16.4. The number of nitrogens with zero attached hydrogens (tertiary/aromatic N) is 4. The van der Waals surface area contributed by atoms with Gasteiger partial charge in [-0.25, -0.2) is 4.98 Å². The van der Waals surface area contributed by atoms with Crippen molar-refractivity contribution in [3.8, 4) is 11.6 Å². The third-order valence-electron chi connectivity index (χ3n) is 2.52. The number of aromatic nitrogens is 4. The van der Waals surface area contributed by atoms with Gasteiger partial charge in [-0.3, -0.25) is 4.40 Å². The molecule has 80 valence electrons. The summed E-state index contributed by atoms with van der Waals surface area (Å²) in [6.07, 6.45) is 3.28. The molecular formula is C11H10N4O. The summed E-state index contributed by atoms with van der Waals surface area (Å²) in [6, 6.07) is 4.04. The van der Waals surface area contributed by atoms with E-state index in [2.05, 4.69) is 15.2 Å². The first-order chi connectivity index (χ1) is 7.75. The summed E-state index contributed by atoms with van der Waals surface area (Å²) in [5, 5.41) is 7.60. The van der Waals surface area contributed by atoms with Gasteiger partial charge >= 0.3 is 0 Å². The van der Waals surface area contributed by atoms with Crippen molar-refractivity contribution in [1.82, 2.24) is 19.6 Å². The minimum absolute atomic E-state index is 0.494. The maximum absolute atomic E-state index is 5.21. The highest BCUT2D eigenvalue weighted by Crippen LogP contribution is 2.22. The third-order valence-corrected chi connectivity index (χ3v) is 2.52. The lowest BCUT2D eigenvalue weighted by atomic mass is 10.3. The van der Waals surface area contributed by atoms with E-state index in [0.717, 1.165) is 17.0 Å². The lowest BCUT2D eigenvalue weighted by Crippen LogP contribution is -1.89. The van der Waals surface area contributed by atoms with Crippen molar-refractivity contribution in [2.24, 2.45) is 0 Å². The van der Waals surface area contributed by atoms with Gasteiger partial charge in [-0.05, 0) is 31.5 Å². The second-order valence-corrected chi connectivity index (χ2v) is 3.72. The molecule has 3 aromatic rings. The largest absolute Gasteiger partial charge is 0.422 e. The lowest BCUT2D eigenvalue weighted by molar-refractivity contribution is 0.565. The van der Waals surface area contributed by atoms with Gasteiger partial charge in [0.1, 0.15) is 11.3 Å². The molecule has 0 aromatic carbocycles. The summed E-state index contributed by atoms with van der Waals surface area (Å²) < 4.78 is 7.17. The van der Waals surface area contributed by atoms with Crippen LogP contribution in [0.3, 0.4) is 0 Å². The van der Waals surface area contributed by atoms with Crippen LogP contribution in [0.2, 0.25) is 0 Å². The Bertz CT molecular complexity index is 639. The Balaban J connectivity index is 2.36. The molecular weight excluding hydrogens is 204 g/mol. The molecule has 0 N–H and O–H groups in total. The van der Waals surface area contributed by atoms with Crippen LogP contribution in [0, 0.1) is 13.8 Å². The van der Waals surface area contributed by atoms with Gasteiger partial charge in [0.25, 0.3) is 5.89 Å². The summed E-state index contributed by atoms with van der Waals surface area (Å²) in [6.45, 7) is 3.97. The Labute approximate surface area is 91.8 Å². The van der Waals surface area contributed by atoms with E-state index in [9.17, 15) is 0 Å². The number of imidazole rings is 1. The second-order valence-electron chi connectivity index (χ2n) is 3.72. The summed E-state index contributed by atoms with van der Waals surface area (Å²) >= 11 is 0. The van der Waals surface area contributed by atoms with Crippen molar-refractivity contribution in [2.45, 2.75) is 13.8 Å². The van der Waals surface area contributed by atoms with Gasteiger partial charge in [-0.15, -0.1) is 10.2 Å². The van der Waals surface area contributed by atoms with E-state index in [4.69, 9.17) is 4.42 Å². The Morgan fingerprint density at radius 3 is 2.94 bits per heavy atom. The van der Waals surface area contributed by atoms with Gasteiger partial charge in [0, 0.05) is 6.20 Å². The molecule has 0 radical (unpaired) electrons. The van der Waals surface area contributed by atoms with Crippen LogP contribution in [-0.4, -0.2) is 19.6 Å². The van der Waals surface area contributed by atoms with Crippen LogP contribution in [0.25, 0.3) is 17.2 Å². The van der Waals surface area contributed by atoms with E-state index in [-0.39, 0.29) is 0 Å². The molecule has 0 spiro atoms. The van der Waals surface area contributed by atoms with Gasteiger partial charge in [-0.2, -0.15) is 0 Å². The van der Waals surface area contributed by atoms with Crippen molar-refractivity contribution < 1.29 is 4.42 Å². The minimum Gasteiger partial charge on any atom is -0.422 e. The number of hydrogen-bond acceptors (Lipinski definition) is 4. The molecule has 0 fully saturated rings. The number of aryl methyl sites for hydroxylation is 2. The summed E-state index contributed by atoms with van der Waals surface area (Å²) in [7, 11) is 0. The highest BCUT2D eigenvalue weighted by molar-refractivity contribution is 5.60. The first-order valence-corrected chi connectivity index (χ1v) is 4.97. The molecule has 0 bridgehead atoms. The van der Waals surface area contributed by atoms with Crippen LogP contribution in [-0.2, 0) is 0 Å². The van der Waals surface area contributed by atoms with E-state index >= 15 is 0 Å². The van der Waals surface area contributed by atoms with Gasteiger partial charge in [0.05, 0.1) is 5.69 Å². The van der Waals surface area contributed by atoms with Crippen LogP contribution in [0.1, 0.15) is 11.3 Å².